The van der Waals surface area contributed by atoms with Gasteiger partial charge < -0.3 is 20.7 Å². The molecule has 1 fully saturated rings. The van der Waals surface area contributed by atoms with Crippen molar-refractivity contribution in [2.45, 2.75) is 50.6 Å². The Morgan fingerprint density at radius 2 is 1.63 bits per heavy atom. The van der Waals surface area contributed by atoms with Gasteiger partial charge in [0.05, 0.1) is 7.11 Å². The van der Waals surface area contributed by atoms with E-state index >= 15 is 0 Å². The molecule has 0 unspecified atom stereocenters. The SMILES string of the molecule is COc1ccc(CCCNC(=O)C2(NC(=O)NCc3ccccc3)CCCC2)cc1. The van der Waals surface area contributed by atoms with E-state index in [2.05, 4.69) is 16.0 Å². The second-order valence-corrected chi connectivity index (χ2v) is 7.79. The van der Waals surface area contributed by atoms with E-state index in [0.29, 0.717) is 25.9 Å². The largest absolute Gasteiger partial charge is 0.497 e. The van der Waals surface area contributed by atoms with Crippen LogP contribution < -0.4 is 20.7 Å². The maximum Gasteiger partial charge on any atom is 0.315 e. The predicted octanol–water partition coefficient (Wildman–Crippen LogP) is 3.56. The van der Waals surface area contributed by atoms with Gasteiger partial charge in [0.25, 0.3) is 0 Å². The zero-order valence-corrected chi connectivity index (χ0v) is 17.6. The van der Waals surface area contributed by atoms with E-state index in [4.69, 9.17) is 4.74 Å². The summed E-state index contributed by atoms with van der Waals surface area (Å²) in [5, 5.41) is 8.85. The van der Waals surface area contributed by atoms with Crippen LogP contribution in [-0.2, 0) is 17.8 Å². The lowest BCUT2D eigenvalue weighted by Gasteiger charge is -2.29. The molecule has 0 aliphatic heterocycles. The molecule has 2 aromatic carbocycles. The summed E-state index contributed by atoms with van der Waals surface area (Å²) in [6.45, 7) is 1.02. The first-order valence-corrected chi connectivity index (χ1v) is 10.6. The van der Waals surface area contributed by atoms with Crippen molar-refractivity contribution < 1.29 is 14.3 Å². The van der Waals surface area contributed by atoms with Gasteiger partial charge in [0.1, 0.15) is 11.3 Å². The summed E-state index contributed by atoms with van der Waals surface area (Å²) in [6, 6.07) is 17.4. The highest BCUT2D eigenvalue weighted by Gasteiger charge is 2.42. The van der Waals surface area contributed by atoms with E-state index < -0.39 is 5.54 Å². The highest BCUT2D eigenvalue weighted by atomic mass is 16.5. The Hall–Kier alpha value is -3.02. The monoisotopic (exact) mass is 409 g/mol. The van der Waals surface area contributed by atoms with Gasteiger partial charge in [-0.3, -0.25) is 4.79 Å². The van der Waals surface area contributed by atoms with Gasteiger partial charge in [-0.15, -0.1) is 0 Å². The fourth-order valence-electron chi connectivity index (χ4n) is 3.88. The van der Waals surface area contributed by atoms with Crippen LogP contribution in [0, 0.1) is 0 Å². The number of benzene rings is 2. The second kappa shape index (κ2) is 10.7. The fraction of sp³-hybridized carbons (Fsp3) is 0.417. The van der Waals surface area contributed by atoms with Crippen molar-refractivity contribution >= 4 is 11.9 Å². The minimum atomic E-state index is -0.805. The number of amides is 3. The number of rotatable bonds is 9. The van der Waals surface area contributed by atoms with Crippen molar-refractivity contribution in [3.8, 4) is 5.75 Å². The minimum absolute atomic E-state index is 0.0791. The number of hydrogen-bond donors (Lipinski definition) is 3. The quantitative estimate of drug-likeness (QED) is 0.554. The predicted molar refractivity (Wildman–Crippen MR) is 117 cm³/mol. The zero-order valence-electron chi connectivity index (χ0n) is 17.6. The highest BCUT2D eigenvalue weighted by molar-refractivity contribution is 5.91. The number of ether oxygens (including phenoxy) is 1. The van der Waals surface area contributed by atoms with Crippen LogP contribution in [0.3, 0.4) is 0 Å². The molecule has 1 saturated carbocycles. The molecule has 0 atom stereocenters. The van der Waals surface area contributed by atoms with Gasteiger partial charge in [-0.25, -0.2) is 4.79 Å². The molecular formula is C24H31N3O3. The minimum Gasteiger partial charge on any atom is -0.497 e. The molecule has 6 nitrogen and oxygen atoms in total. The van der Waals surface area contributed by atoms with Gasteiger partial charge >= 0.3 is 6.03 Å². The fourth-order valence-corrected chi connectivity index (χ4v) is 3.88. The Bertz CT molecular complexity index is 815. The summed E-state index contributed by atoms with van der Waals surface area (Å²) in [5.41, 5.74) is 1.43. The Kier molecular flexibility index (Phi) is 7.71. The number of methoxy groups -OCH3 is 1. The smallest absolute Gasteiger partial charge is 0.315 e. The lowest BCUT2D eigenvalue weighted by molar-refractivity contribution is -0.127. The Morgan fingerprint density at radius 3 is 2.30 bits per heavy atom. The topological polar surface area (TPSA) is 79.5 Å². The molecule has 30 heavy (non-hydrogen) atoms. The van der Waals surface area contributed by atoms with Crippen molar-refractivity contribution in [2.75, 3.05) is 13.7 Å². The summed E-state index contributed by atoms with van der Waals surface area (Å²) in [7, 11) is 1.65. The van der Waals surface area contributed by atoms with Crippen LogP contribution in [0.25, 0.3) is 0 Å². The Morgan fingerprint density at radius 1 is 0.933 bits per heavy atom. The average molecular weight is 410 g/mol. The molecule has 0 bridgehead atoms. The molecule has 6 heteroatoms. The summed E-state index contributed by atoms with van der Waals surface area (Å²) < 4.78 is 5.17. The summed E-state index contributed by atoms with van der Waals surface area (Å²) in [4.78, 5) is 25.3. The maximum absolute atomic E-state index is 12.9. The lowest BCUT2D eigenvalue weighted by Crippen LogP contribution is -2.59. The van der Waals surface area contributed by atoms with Gasteiger partial charge in [0, 0.05) is 13.1 Å². The third-order valence-corrected chi connectivity index (χ3v) is 5.63. The molecule has 0 aromatic heterocycles. The molecule has 3 rings (SSSR count). The summed E-state index contributed by atoms with van der Waals surface area (Å²) in [6.07, 6.45) is 4.96. The molecular weight excluding hydrogens is 378 g/mol. The van der Waals surface area contributed by atoms with Crippen LogP contribution in [-0.4, -0.2) is 31.1 Å². The first-order valence-electron chi connectivity index (χ1n) is 10.6. The van der Waals surface area contributed by atoms with Gasteiger partial charge in [-0.1, -0.05) is 55.3 Å². The van der Waals surface area contributed by atoms with Gasteiger partial charge in [-0.2, -0.15) is 0 Å². The van der Waals surface area contributed by atoms with Crippen molar-refractivity contribution in [2.24, 2.45) is 0 Å². The van der Waals surface area contributed by atoms with Crippen LogP contribution in [0.1, 0.15) is 43.2 Å². The van der Waals surface area contributed by atoms with Gasteiger partial charge in [0.15, 0.2) is 0 Å². The van der Waals surface area contributed by atoms with Crippen molar-refractivity contribution in [1.29, 1.82) is 0 Å². The van der Waals surface area contributed by atoms with E-state index in [0.717, 1.165) is 37.0 Å². The summed E-state index contributed by atoms with van der Waals surface area (Å²) in [5.74, 6) is 0.761. The average Bonchev–Trinajstić information content (AvgIpc) is 3.26. The molecule has 1 aliphatic rings. The van der Waals surface area contributed by atoms with Crippen molar-refractivity contribution in [3.05, 3.63) is 65.7 Å². The zero-order chi connectivity index (χ0) is 21.2. The number of aryl methyl sites for hydroxylation is 1. The summed E-state index contributed by atoms with van der Waals surface area (Å²) >= 11 is 0. The van der Waals surface area contributed by atoms with Crippen LogP contribution in [0.2, 0.25) is 0 Å². The first-order chi connectivity index (χ1) is 14.6. The van der Waals surface area contributed by atoms with E-state index in [9.17, 15) is 9.59 Å². The van der Waals surface area contributed by atoms with E-state index in [1.165, 1.54) is 5.56 Å². The second-order valence-electron chi connectivity index (χ2n) is 7.79. The van der Waals surface area contributed by atoms with Crippen molar-refractivity contribution in [3.63, 3.8) is 0 Å². The van der Waals surface area contributed by atoms with E-state index in [1.807, 2.05) is 54.6 Å². The Balaban J connectivity index is 1.45. The Labute approximate surface area is 178 Å². The number of carbonyl (C=O) groups excluding carboxylic acids is 2. The first kappa shape index (κ1) is 21.7. The van der Waals surface area contributed by atoms with Crippen LogP contribution in [0.4, 0.5) is 4.79 Å². The number of carbonyl (C=O) groups is 2. The van der Waals surface area contributed by atoms with Gasteiger partial charge in [0.2, 0.25) is 5.91 Å². The molecule has 1 aliphatic carbocycles. The number of urea groups is 1. The van der Waals surface area contributed by atoms with Crippen molar-refractivity contribution in [1.82, 2.24) is 16.0 Å². The molecule has 0 radical (unpaired) electrons. The molecule has 3 N–H and O–H groups in total. The van der Waals surface area contributed by atoms with Crippen LogP contribution in [0.15, 0.2) is 54.6 Å². The normalized spacial score (nSPS) is 14.7. The number of nitrogens with one attached hydrogen (secondary N) is 3. The molecule has 0 saturated heterocycles. The molecule has 0 spiro atoms. The number of hydrogen-bond acceptors (Lipinski definition) is 3. The molecule has 2 aromatic rings. The standard InChI is InChI=1S/C24H31N3O3/c1-30-21-13-11-19(12-14-21)10-7-17-25-22(28)24(15-5-6-16-24)27-23(29)26-18-20-8-3-2-4-9-20/h2-4,8-9,11-14H,5-7,10,15-18H2,1H3,(H,25,28)(H2,26,27,29). The van der Waals surface area contributed by atoms with Gasteiger partial charge in [-0.05, 0) is 48.9 Å². The third kappa shape index (κ3) is 5.99. The van der Waals surface area contributed by atoms with Crippen LogP contribution >= 0.6 is 0 Å². The molecule has 160 valence electrons. The lowest BCUT2D eigenvalue weighted by atomic mass is 9.96. The van der Waals surface area contributed by atoms with Crippen LogP contribution in [0.5, 0.6) is 5.75 Å². The molecule has 0 heterocycles. The van der Waals surface area contributed by atoms with E-state index in [-0.39, 0.29) is 11.9 Å². The third-order valence-electron chi connectivity index (χ3n) is 5.63. The maximum atomic E-state index is 12.9. The van der Waals surface area contributed by atoms with E-state index in [1.54, 1.807) is 7.11 Å². The highest BCUT2D eigenvalue weighted by Crippen LogP contribution is 2.30. The molecule has 3 amide bonds.